The van der Waals surface area contributed by atoms with Gasteiger partial charge in [0.2, 0.25) is 0 Å². The van der Waals surface area contributed by atoms with E-state index in [4.69, 9.17) is 32.4 Å². The fourth-order valence-corrected chi connectivity index (χ4v) is 2.64. The van der Waals surface area contributed by atoms with Crippen molar-refractivity contribution in [1.29, 1.82) is 0 Å². The molecule has 0 fully saturated rings. The Morgan fingerprint density at radius 2 is 2.00 bits per heavy atom. The first-order valence-electron chi connectivity index (χ1n) is 7.54. The summed E-state index contributed by atoms with van der Waals surface area (Å²) in [5.41, 5.74) is 0.718. The lowest BCUT2D eigenvalue weighted by atomic mass is 10.1. The Bertz CT molecular complexity index is 771. The molecule has 0 saturated heterocycles. The average molecular weight is 382 g/mol. The van der Waals surface area contributed by atoms with Gasteiger partial charge >= 0.3 is 5.97 Å². The van der Waals surface area contributed by atoms with Crippen molar-refractivity contribution in [3.63, 3.8) is 0 Å². The molecule has 0 bridgehead atoms. The maximum Gasteiger partial charge on any atom is 0.331 e. The van der Waals surface area contributed by atoms with Gasteiger partial charge in [0.15, 0.2) is 6.10 Å². The smallest absolute Gasteiger partial charge is 0.331 e. The lowest BCUT2D eigenvalue weighted by Gasteiger charge is -2.19. The molecule has 7 heteroatoms. The van der Waals surface area contributed by atoms with Crippen LogP contribution in [0.5, 0.6) is 0 Å². The summed E-state index contributed by atoms with van der Waals surface area (Å²) in [6.07, 6.45) is 3.19. The summed E-state index contributed by atoms with van der Waals surface area (Å²) >= 11 is 12.0. The molecule has 0 aliphatic carbocycles. The lowest BCUT2D eigenvalue weighted by Crippen LogP contribution is -2.37. The van der Waals surface area contributed by atoms with Gasteiger partial charge in [0.1, 0.15) is 5.76 Å². The lowest BCUT2D eigenvalue weighted by molar-refractivity contribution is -0.150. The number of carbonyl (C=O) groups is 2. The van der Waals surface area contributed by atoms with Crippen LogP contribution in [0, 0.1) is 0 Å². The van der Waals surface area contributed by atoms with Gasteiger partial charge < -0.3 is 14.5 Å². The van der Waals surface area contributed by atoms with Crippen molar-refractivity contribution in [2.45, 2.75) is 26.0 Å². The second kappa shape index (κ2) is 8.74. The van der Waals surface area contributed by atoms with Gasteiger partial charge in [-0.1, -0.05) is 29.3 Å². The second-order valence-electron chi connectivity index (χ2n) is 5.32. The van der Waals surface area contributed by atoms with Gasteiger partial charge in [-0.15, -0.1) is 0 Å². The van der Waals surface area contributed by atoms with Crippen LogP contribution in [0.3, 0.4) is 0 Å². The van der Waals surface area contributed by atoms with E-state index in [0.29, 0.717) is 15.8 Å². The van der Waals surface area contributed by atoms with E-state index in [1.165, 1.54) is 25.3 Å². The van der Waals surface area contributed by atoms with Gasteiger partial charge in [-0.3, -0.25) is 4.79 Å². The topological polar surface area (TPSA) is 68.5 Å². The van der Waals surface area contributed by atoms with Crippen molar-refractivity contribution >= 4 is 41.2 Å². The van der Waals surface area contributed by atoms with Crippen LogP contribution in [-0.4, -0.2) is 18.0 Å². The average Bonchev–Trinajstić information content (AvgIpc) is 3.06. The van der Waals surface area contributed by atoms with Crippen LogP contribution in [0.2, 0.25) is 10.0 Å². The molecule has 25 heavy (non-hydrogen) atoms. The van der Waals surface area contributed by atoms with E-state index in [1.54, 1.807) is 37.3 Å². The van der Waals surface area contributed by atoms with Gasteiger partial charge in [0.25, 0.3) is 5.91 Å². The van der Waals surface area contributed by atoms with Crippen LogP contribution < -0.4 is 5.32 Å². The highest BCUT2D eigenvalue weighted by atomic mass is 35.5. The van der Waals surface area contributed by atoms with Crippen molar-refractivity contribution in [3.8, 4) is 0 Å². The van der Waals surface area contributed by atoms with Crippen molar-refractivity contribution < 1.29 is 18.7 Å². The Morgan fingerprint density at radius 3 is 2.64 bits per heavy atom. The molecular weight excluding hydrogens is 365 g/mol. The predicted octanol–water partition coefficient (Wildman–Crippen LogP) is 4.41. The van der Waals surface area contributed by atoms with Crippen LogP contribution in [-0.2, 0) is 14.3 Å². The third-order valence-electron chi connectivity index (χ3n) is 3.38. The van der Waals surface area contributed by atoms with Gasteiger partial charge in [-0.2, -0.15) is 0 Å². The molecule has 1 amide bonds. The molecule has 132 valence electrons. The highest BCUT2D eigenvalue weighted by Gasteiger charge is 2.20. The highest BCUT2D eigenvalue weighted by molar-refractivity contribution is 6.35. The number of hydrogen-bond acceptors (Lipinski definition) is 4. The molecule has 0 aliphatic heterocycles. The number of esters is 1. The quantitative estimate of drug-likeness (QED) is 0.594. The van der Waals surface area contributed by atoms with Crippen molar-refractivity contribution in [2.75, 3.05) is 0 Å². The third kappa shape index (κ3) is 5.66. The highest BCUT2D eigenvalue weighted by Crippen LogP contribution is 2.26. The number of benzene rings is 1. The molecule has 5 nitrogen and oxygen atoms in total. The molecule has 2 unspecified atom stereocenters. The Kier molecular flexibility index (Phi) is 6.67. The molecule has 1 N–H and O–H groups in total. The molecule has 0 saturated carbocycles. The summed E-state index contributed by atoms with van der Waals surface area (Å²) in [5.74, 6) is -0.561. The van der Waals surface area contributed by atoms with E-state index < -0.39 is 18.0 Å². The second-order valence-corrected chi connectivity index (χ2v) is 6.17. The first kappa shape index (κ1) is 19.1. The number of furan rings is 1. The van der Waals surface area contributed by atoms with Gasteiger partial charge in [-0.05, 0) is 49.8 Å². The number of rotatable bonds is 6. The number of ether oxygens (including phenoxy) is 1. The first-order valence-corrected chi connectivity index (χ1v) is 8.30. The van der Waals surface area contributed by atoms with Crippen molar-refractivity contribution in [3.05, 3.63) is 64.0 Å². The van der Waals surface area contributed by atoms with Crippen LogP contribution in [0.15, 0.2) is 47.1 Å². The molecule has 1 heterocycles. The maximum absolute atomic E-state index is 12.2. The van der Waals surface area contributed by atoms with Crippen LogP contribution >= 0.6 is 23.2 Å². The van der Waals surface area contributed by atoms with Crippen molar-refractivity contribution in [2.24, 2.45) is 0 Å². The number of halogens is 2. The monoisotopic (exact) mass is 381 g/mol. The zero-order valence-corrected chi connectivity index (χ0v) is 15.2. The van der Waals surface area contributed by atoms with Gasteiger partial charge in [0.05, 0.1) is 12.3 Å². The van der Waals surface area contributed by atoms with E-state index in [0.717, 1.165) is 5.56 Å². The predicted molar refractivity (Wildman–Crippen MR) is 96.3 cm³/mol. The van der Waals surface area contributed by atoms with E-state index >= 15 is 0 Å². The molecule has 2 rings (SSSR count). The Morgan fingerprint density at radius 1 is 1.24 bits per heavy atom. The van der Waals surface area contributed by atoms with Crippen LogP contribution in [0.1, 0.15) is 31.2 Å². The van der Waals surface area contributed by atoms with Crippen molar-refractivity contribution in [1.82, 2.24) is 5.32 Å². The standard InChI is InChI=1S/C18H17Cl2NO4/c1-11(15-7-5-13(19)10-16(15)20)21-18(23)12(2)25-17(22)8-6-14-4-3-9-24-14/h3-12H,1-2H3,(H,21,23)/b8-6+. The Labute approximate surface area is 155 Å². The number of hydrogen-bond donors (Lipinski definition) is 1. The molecular formula is C18H17Cl2NO4. The molecule has 2 aromatic rings. The summed E-state index contributed by atoms with van der Waals surface area (Å²) in [4.78, 5) is 23.9. The van der Waals surface area contributed by atoms with E-state index in [-0.39, 0.29) is 6.04 Å². The number of amides is 1. The molecule has 0 aliphatic rings. The summed E-state index contributed by atoms with van der Waals surface area (Å²) in [6.45, 7) is 3.27. The molecule has 1 aromatic heterocycles. The fourth-order valence-electron chi connectivity index (χ4n) is 2.06. The number of nitrogens with one attached hydrogen (secondary N) is 1. The summed E-state index contributed by atoms with van der Waals surface area (Å²) in [6, 6.07) is 8.05. The zero-order chi connectivity index (χ0) is 18.4. The largest absolute Gasteiger partial charge is 0.465 e. The summed E-state index contributed by atoms with van der Waals surface area (Å²) in [5, 5.41) is 3.71. The van der Waals surface area contributed by atoms with Gasteiger partial charge in [0, 0.05) is 16.1 Å². The molecule has 2 atom stereocenters. The maximum atomic E-state index is 12.2. The summed E-state index contributed by atoms with van der Waals surface area (Å²) < 4.78 is 10.1. The van der Waals surface area contributed by atoms with E-state index in [1.807, 2.05) is 0 Å². The molecule has 1 aromatic carbocycles. The Balaban J connectivity index is 1.89. The van der Waals surface area contributed by atoms with E-state index in [2.05, 4.69) is 5.32 Å². The van der Waals surface area contributed by atoms with Crippen LogP contribution in [0.25, 0.3) is 6.08 Å². The summed E-state index contributed by atoms with van der Waals surface area (Å²) in [7, 11) is 0. The Hall–Kier alpha value is -2.24. The van der Waals surface area contributed by atoms with Gasteiger partial charge in [-0.25, -0.2) is 4.79 Å². The molecule has 0 radical (unpaired) electrons. The normalized spacial score (nSPS) is 13.4. The molecule has 0 spiro atoms. The first-order chi connectivity index (χ1) is 11.9. The minimum atomic E-state index is -0.956. The zero-order valence-electron chi connectivity index (χ0n) is 13.7. The third-order valence-corrected chi connectivity index (χ3v) is 3.94. The fraction of sp³-hybridized carbons (Fsp3) is 0.222. The van der Waals surface area contributed by atoms with Crippen LogP contribution in [0.4, 0.5) is 0 Å². The number of carbonyl (C=O) groups excluding carboxylic acids is 2. The van der Waals surface area contributed by atoms with E-state index in [9.17, 15) is 9.59 Å². The minimum Gasteiger partial charge on any atom is -0.465 e. The SMILES string of the molecule is CC(OC(=O)/C=C/c1ccco1)C(=O)NC(C)c1ccc(Cl)cc1Cl. The minimum absolute atomic E-state index is 0.364.